The fourth-order valence-corrected chi connectivity index (χ4v) is 7.77. The van der Waals surface area contributed by atoms with E-state index in [1.54, 1.807) is 0 Å². The summed E-state index contributed by atoms with van der Waals surface area (Å²) in [7, 11) is 0. The summed E-state index contributed by atoms with van der Waals surface area (Å²) in [4.78, 5) is 9.71. The number of ether oxygens (including phenoxy) is 1. The predicted octanol–water partition coefficient (Wildman–Crippen LogP) is 13.5. The molecule has 0 fully saturated rings. The first-order chi connectivity index (χ1) is 26.5. The van der Waals surface area contributed by atoms with Crippen molar-refractivity contribution in [2.45, 2.75) is 52.4 Å². The lowest BCUT2D eigenvalue weighted by Gasteiger charge is -2.25. The van der Waals surface area contributed by atoms with Crippen LogP contribution in [-0.4, -0.2) is 16.2 Å². The van der Waals surface area contributed by atoms with Gasteiger partial charge in [-0.25, -0.2) is 4.98 Å². The monoisotopic (exact) mass is 718 g/mol. The summed E-state index contributed by atoms with van der Waals surface area (Å²) in [5, 5.41) is 2.33. The van der Waals surface area contributed by atoms with E-state index in [2.05, 4.69) is 202 Å². The van der Waals surface area contributed by atoms with E-state index in [4.69, 9.17) is 9.72 Å². The molecule has 5 nitrogen and oxygen atoms in total. The number of hydrogen-bond donors (Lipinski definition) is 0. The number of para-hydroxylation sites is 2. The molecule has 0 atom stereocenters. The largest absolute Gasteiger partial charge is 0.457 e. The van der Waals surface area contributed by atoms with Gasteiger partial charge in [0.2, 0.25) is 0 Å². The molecule has 272 valence electrons. The number of nitrogens with zero attached hydrogens (tertiary/aromatic N) is 4. The molecule has 3 heterocycles. The first kappa shape index (κ1) is 34.4. The van der Waals surface area contributed by atoms with E-state index in [0.717, 1.165) is 39.4 Å². The maximum atomic E-state index is 6.72. The Labute approximate surface area is 324 Å². The molecule has 0 saturated heterocycles. The highest BCUT2D eigenvalue weighted by molar-refractivity contribution is 6.10. The minimum atomic E-state index is -0.0196. The van der Waals surface area contributed by atoms with Crippen molar-refractivity contribution in [3.63, 3.8) is 0 Å². The average molecular weight is 719 g/mol. The highest BCUT2D eigenvalue weighted by Crippen LogP contribution is 2.45. The van der Waals surface area contributed by atoms with Crippen molar-refractivity contribution in [1.82, 2.24) is 9.55 Å². The van der Waals surface area contributed by atoms with E-state index in [-0.39, 0.29) is 10.8 Å². The SMILES string of the molecule is CC(C)(C)c1cccc(N2CN(c3cccc(Oc4ccc5c6ccc(-c7ccccc7)cc6n(-c6cc(C(C)(C)C)ccn6)c5c4)c3)c3ccccc32)c1. The standard InChI is InChI=1S/C50H46N4O/c1-49(2,3)36-16-12-17-38(29-36)52-33-53(45-21-11-10-20-44(45)52)39-18-13-19-40(31-39)55-41-23-25-43-42-24-22-35(34-14-8-7-9-15-34)28-46(42)54(47(43)32-41)48-30-37(26-27-51-48)50(4,5)6/h7-32H,33H2,1-6H3. The summed E-state index contributed by atoms with van der Waals surface area (Å²) in [6.45, 7) is 14.2. The van der Waals surface area contributed by atoms with Crippen molar-refractivity contribution in [3.05, 3.63) is 169 Å². The zero-order valence-corrected chi connectivity index (χ0v) is 32.4. The minimum absolute atomic E-state index is 0.0196. The Hall–Kier alpha value is -6.33. The highest BCUT2D eigenvalue weighted by atomic mass is 16.5. The third-order valence-electron chi connectivity index (χ3n) is 10.8. The van der Waals surface area contributed by atoms with Crippen molar-refractivity contribution < 1.29 is 4.74 Å². The van der Waals surface area contributed by atoms with E-state index in [9.17, 15) is 0 Å². The smallest absolute Gasteiger partial charge is 0.137 e. The minimum Gasteiger partial charge on any atom is -0.457 e. The van der Waals surface area contributed by atoms with E-state index in [1.807, 2.05) is 12.3 Å². The number of benzene rings is 6. The maximum absolute atomic E-state index is 6.72. The van der Waals surface area contributed by atoms with Gasteiger partial charge >= 0.3 is 0 Å². The molecule has 0 amide bonds. The molecule has 1 aliphatic rings. The van der Waals surface area contributed by atoms with Crippen molar-refractivity contribution in [2.24, 2.45) is 0 Å². The van der Waals surface area contributed by atoms with E-state index in [1.165, 1.54) is 44.7 Å². The quantitative estimate of drug-likeness (QED) is 0.171. The second-order valence-corrected chi connectivity index (χ2v) is 16.7. The van der Waals surface area contributed by atoms with Crippen LogP contribution in [0.2, 0.25) is 0 Å². The third kappa shape index (κ3) is 6.40. The second-order valence-electron chi connectivity index (χ2n) is 16.7. The fourth-order valence-electron chi connectivity index (χ4n) is 7.77. The first-order valence-corrected chi connectivity index (χ1v) is 19.1. The van der Waals surface area contributed by atoms with Gasteiger partial charge in [-0.3, -0.25) is 4.57 Å². The van der Waals surface area contributed by atoms with Crippen molar-refractivity contribution in [2.75, 3.05) is 16.5 Å². The molecule has 0 unspecified atom stereocenters. The Balaban J connectivity index is 1.10. The van der Waals surface area contributed by atoms with Crippen LogP contribution in [0.25, 0.3) is 38.8 Å². The summed E-state index contributed by atoms with van der Waals surface area (Å²) >= 11 is 0. The molecule has 0 aliphatic carbocycles. The van der Waals surface area contributed by atoms with Crippen LogP contribution in [0, 0.1) is 0 Å². The molecule has 8 aromatic rings. The molecule has 9 rings (SSSR count). The summed E-state index contributed by atoms with van der Waals surface area (Å²) in [5.41, 5.74) is 11.7. The van der Waals surface area contributed by atoms with Gasteiger partial charge in [0.05, 0.1) is 22.4 Å². The molecule has 5 heteroatoms. The maximum Gasteiger partial charge on any atom is 0.137 e. The van der Waals surface area contributed by atoms with E-state index < -0.39 is 0 Å². The number of pyridine rings is 1. The number of aromatic nitrogens is 2. The van der Waals surface area contributed by atoms with E-state index >= 15 is 0 Å². The normalized spacial score (nSPS) is 13.1. The molecule has 1 aliphatic heterocycles. The van der Waals surface area contributed by atoms with Crippen LogP contribution in [0.1, 0.15) is 52.7 Å². The van der Waals surface area contributed by atoms with Crippen molar-refractivity contribution in [3.8, 4) is 28.4 Å². The van der Waals surface area contributed by atoms with Gasteiger partial charge in [0, 0.05) is 40.5 Å². The lowest BCUT2D eigenvalue weighted by Crippen LogP contribution is -2.24. The van der Waals surface area contributed by atoms with Crippen molar-refractivity contribution in [1.29, 1.82) is 0 Å². The van der Waals surface area contributed by atoms with Gasteiger partial charge in [-0.05, 0) is 99.8 Å². The molecular weight excluding hydrogens is 673 g/mol. The molecule has 0 saturated carbocycles. The Morgan fingerprint density at radius 3 is 1.80 bits per heavy atom. The van der Waals surface area contributed by atoms with Crippen molar-refractivity contribution >= 4 is 44.6 Å². The van der Waals surface area contributed by atoms with Gasteiger partial charge in [-0.15, -0.1) is 0 Å². The Morgan fingerprint density at radius 2 is 1.09 bits per heavy atom. The molecule has 0 bridgehead atoms. The molecule has 0 N–H and O–H groups in total. The van der Waals surface area contributed by atoms with Gasteiger partial charge in [0.25, 0.3) is 0 Å². The Kier molecular flexibility index (Phi) is 8.27. The van der Waals surface area contributed by atoms with Gasteiger partial charge < -0.3 is 14.5 Å². The van der Waals surface area contributed by atoms with Crippen LogP contribution in [0.5, 0.6) is 11.5 Å². The lowest BCUT2D eigenvalue weighted by atomic mass is 9.87. The topological polar surface area (TPSA) is 33.5 Å². The highest BCUT2D eigenvalue weighted by Gasteiger charge is 2.29. The van der Waals surface area contributed by atoms with Crippen LogP contribution in [0.3, 0.4) is 0 Å². The average Bonchev–Trinajstić information content (AvgIpc) is 3.73. The summed E-state index contributed by atoms with van der Waals surface area (Å²) in [6.07, 6.45) is 1.93. The Morgan fingerprint density at radius 1 is 0.491 bits per heavy atom. The summed E-state index contributed by atoms with van der Waals surface area (Å²) in [6, 6.07) is 54.1. The van der Waals surface area contributed by atoms with Crippen LogP contribution in [0.15, 0.2) is 158 Å². The van der Waals surface area contributed by atoms with Gasteiger partial charge in [0.1, 0.15) is 24.0 Å². The zero-order chi connectivity index (χ0) is 37.9. The summed E-state index contributed by atoms with van der Waals surface area (Å²) in [5.74, 6) is 2.44. The number of fused-ring (bicyclic) bond motifs is 4. The summed E-state index contributed by atoms with van der Waals surface area (Å²) < 4.78 is 9.01. The van der Waals surface area contributed by atoms with Gasteiger partial charge in [0.15, 0.2) is 0 Å². The molecular formula is C50H46N4O. The van der Waals surface area contributed by atoms with Crippen LogP contribution in [0.4, 0.5) is 22.7 Å². The zero-order valence-electron chi connectivity index (χ0n) is 32.4. The first-order valence-electron chi connectivity index (χ1n) is 19.1. The Bertz CT molecular complexity index is 2700. The molecule has 0 radical (unpaired) electrons. The van der Waals surface area contributed by atoms with Crippen LogP contribution >= 0.6 is 0 Å². The van der Waals surface area contributed by atoms with E-state index in [0.29, 0.717) is 6.67 Å². The third-order valence-corrected chi connectivity index (χ3v) is 10.8. The van der Waals surface area contributed by atoms with Crippen LogP contribution in [-0.2, 0) is 10.8 Å². The second kappa shape index (κ2) is 13.2. The van der Waals surface area contributed by atoms with Gasteiger partial charge in [-0.2, -0.15) is 0 Å². The number of hydrogen-bond acceptors (Lipinski definition) is 4. The number of anilines is 4. The predicted molar refractivity (Wildman–Crippen MR) is 230 cm³/mol. The lowest BCUT2D eigenvalue weighted by molar-refractivity contribution is 0.483. The van der Waals surface area contributed by atoms with Gasteiger partial charge in [-0.1, -0.05) is 114 Å². The molecule has 2 aromatic heterocycles. The fraction of sp³-hybridized carbons (Fsp3) is 0.180. The van der Waals surface area contributed by atoms with Crippen LogP contribution < -0.4 is 14.5 Å². The number of rotatable bonds is 6. The molecule has 6 aromatic carbocycles. The molecule has 0 spiro atoms. The molecule has 55 heavy (non-hydrogen) atoms.